The Hall–Kier alpha value is 1.38. The first-order valence-corrected chi connectivity index (χ1v) is 8.52. The fourth-order valence-electron chi connectivity index (χ4n) is 1.33. The summed E-state index contributed by atoms with van der Waals surface area (Å²) in [6, 6.07) is 1.38. The molecule has 0 rings (SSSR count). The zero-order chi connectivity index (χ0) is 10.1. The second-order valence-electron chi connectivity index (χ2n) is 3.09. The Kier molecular flexibility index (Phi) is 13.8. The summed E-state index contributed by atoms with van der Waals surface area (Å²) in [4.78, 5) is 2.46. The summed E-state index contributed by atoms with van der Waals surface area (Å²) in [6.07, 6.45) is 0. The van der Waals surface area contributed by atoms with Crippen LogP contribution in [0.15, 0.2) is 0 Å². The van der Waals surface area contributed by atoms with Gasteiger partial charge in [0.2, 0.25) is 0 Å². The first-order valence-electron chi connectivity index (χ1n) is 4.23. The molecule has 0 aromatic heterocycles. The van der Waals surface area contributed by atoms with Gasteiger partial charge in [-0.15, -0.1) is 0 Å². The Labute approximate surface area is 94.9 Å². The van der Waals surface area contributed by atoms with Gasteiger partial charge < -0.3 is 4.81 Å². The SMILES string of the molecule is BBN(C(C)C)C(C)C.[Cl][Ti][Cl]. The van der Waals surface area contributed by atoms with Crippen LogP contribution in [0.2, 0.25) is 0 Å². The molecule has 0 aromatic carbocycles. The third-order valence-electron chi connectivity index (χ3n) is 1.69. The number of hydrogen-bond donors (Lipinski definition) is 0. The molecule has 12 heavy (non-hydrogen) atoms. The van der Waals surface area contributed by atoms with Crippen molar-refractivity contribution in [2.24, 2.45) is 0 Å². The first-order chi connectivity index (χ1) is 5.51. The van der Waals surface area contributed by atoms with Crippen molar-refractivity contribution in [1.29, 1.82) is 0 Å². The van der Waals surface area contributed by atoms with Crippen LogP contribution in [0.1, 0.15) is 27.7 Å². The molecule has 0 aliphatic heterocycles. The van der Waals surface area contributed by atoms with Crippen molar-refractivity contribution in [2.75, 3.05) is 0 Å². The van der Waals surface area contributed by atoms with Crippen LogP contribution in [0.4, 0.5) is 0 Å². The Morgan fingerprint density at radius 2 is 1.42 bits per heavy atom. The third kappa shape index (κ3) is 9.47. The first kappa shape index (κ1) is 15.8. The minimum absolute atomic E-state index is 0.556. The molecule has 0 aliphatic rings. The van der Waals surface area contributed by atoms with E-state index in [0.29, 0.717) is 12.1 Å². The molecule has 1 nitrogen and oxygen atoms in total. The molecule has 0 fully saturated rings. The van der Waals surface area contributed by atoms with Gasteiger partial charge in [0.25, 0.3) is 0 Å². The molecule has 70 valence electrons. The monoisotopic (exact) mass is 243 g/mol. The Bertz CT molecular complexity index is 87.6. The maximum absolute atomic E-state index is 4.89. The molecular weight excluding hydrogens is 226 g/mol. The van der Waals surface area contributed by atoms with Crippen molar-refractivity contribution in [3.63, 3.8) is 0 Å². The van der Waals surface area contributed by atoms with Crippen LogP contribution in [0, 0.1) is 0 Å². The molecule has 0 amide bonds. The van der Waals surface area contributed by atoms with E-state index in [2.05, 4.69) is 40.2 Å². The minimum atomic E-state index is -0.556. The van der Waals surface area contributed by atoms with E-state index in [-0.39, 0.29) is 0 Å². The van der Waals surface area contributed by atoms with Crippen LogP contribution >= 0.6 is 18.6 Å². The van der Waals surface area contributed by atoms with E-state index in [4.69, 9.17) is 18.6 Å². The van der Waals surface area contributed by atoms with Gasteiger partial charge in [-0.25, -0.2) is 0 Å². The molecule has 0 spiro atoms. The molecule has 0 N–H and O–H groups in total. The quantitative estimate of drug-likeness (QED) is 0.677. The molecule has 0 aromatic rings. The molecule has 0 unspecified atom stereocenters. The van der Waals surface area contributed by atoms with Crippen molar-refractivity contribution in [2.45, 2.75) is 39.8 Å². The predicted molar refractivity (Wildman–Crippen MR) is 59.5 cm³/mol. The summed E-state index contributed by atoms with van der Waals surface area (Å²) in [6.45, 7) is 8.96. The van der Waals surface area contributed by atoms with Gasteiger partial charge in [-0.1, -0.05) is 27.7 Å². The summed E-state index contributed by atoms with van der Waals surface area (Å²) in [7, 11) is 13.1. The fourth-order valence-corrected chi connectivity index (χ4v) is 1.33. The van der Waals surface area contributed by atoms with Crippen LogP contribution in [0.3, 0.4) is 0 Å². The molecule has 0 saturated heterocycles. The van der Waals surface area contributed by atoms with E-state index < -0.39 is 17.0 Å². The van der Waals surface area contributed by atoms with Crippen molar-refractivity contribution in [1.82, 2.24) is 4.81 Å². The molecule has 0 radical (unpaired) electrons. The molecule has 0 aliphatic carbocycles. The molecule has 0 bridgehead atoms. The van der Waals surface area contributed by atoms with Gasteiger partial charge in [-0.2, -0.15) is 0 Å². The summed E-state index contributed by atoms with van der Waals surface area (Å²) >= 11 is -0.556. The Morgan fingerprint density at radius 3 is 1.42 bits per heavy atom. The van der Waals surface area contributed by atoms with Crippen molar-refractivity contribution >= 4 is 33.7 Å². The van der Waals surface area contributed by atoms with Gasteiger partial charge in [0.15, 0.2) is 7.31 Å². The molecule has 0 heterocycles. The van der Waals surface area contributed by atoms with E-state index in [0.717, 1.165) is 7.31 Å². The van der Waals surface area contributed by atoms with Gasteiger partial charge in [-0.3, -0.25) is 0 Å². The van der Waals surface area contributed by atoms with Crippen molar-refractivity contribution in [3.05, 3.63) is 0 Å². The topological polar surface area (TPSA) is 3.24 Å². The summed E-state index contributed by atoms with van der Waals surface area (Å²) in [5.74, 6) is 0. The van der Waals surface area contributed by atoms with Crippen LogP contribution < -0.4 is 0 Å². The summed E-state index contributed by atoms with van der Waals surface area (Å²) < 4.78 is 0. The van der Waals surface area contributed by atoms with Gasteiger partial charge in [0.1, 0.15) is 0 Å². The van der Waals surface area contributed by atoms with Gasteiger partial charge in [0.05, 0.1) is 7.74 Å². The van der Waals surface area contributed by atoms with E-state index in [1.807, 2.05) is 0 Å². The molecule has 0 atom stereocenters. The Balaban J connectivity index is 0. The molecule has 0 saturated carbocycles. The van der Waals surface area contributed by atoms with Crippen LogP contribution in [-0.2, 0) is 17.0 Å². The Morgan fingerprint density at radius 1 is 1.17 bits per heavy atom. The average Bonchev–Trinajstić information content (AvgIpc) is 1.88. The third-order valence-corrected chi connectivity index (χ3v) is 1.69. The summed E-state index contributed by atoms with van der Waals surface area (Å²) in [5.41, 5.74) is 0. The second-order valence-corrected chi connectivity index (χ2v) is 5.67. The summed E-state index contributed by atoms with van der Waals surface area (Å²) in [5, 5.41) is 0. The van der Waals surface area contributed by atoms with E-state index in [1.165, 1.54) is 0 Å². The van der Waals surface area contributed by atoms with Crippen molar-refractivity contribution < 1.29 is 17.0 Å². The van der Waals surface area contributed by atoms with E-state index >= 15 is 0 Å². The van der Waals surface area contributed by atoms with Crippen LogP contribution in [-0.4, -0.2) is 31.9 Å². The number of hydrogen-bond acceptors (Lipinski definition) is 1. The zero-order valence-electron chi connectivity index (χ0n) is 8.56. The van der Waals surface area contributed by atoms with Crippen LogP contribution in [0.25, 0.3) is 0 Å². The average molecular weight is 244 g/mol. The standard InChI is InChI=1S/C6H17B2N.2ClH.Ti/c1-5(2)9(8-7)6(3)4;;;/h5-6,8H,7H2,1-4H3;2*1H;/q;;;+2/p-2. The number of nitrogens with zero attached hydrogens (tertiary/aromatic N) is 1. The van der Waals surface area contributed by atoms with Crippen LogP contribution in [0.5, 0.6) is 0 Å². The molecule has 6 heteroatoms. The van der Waals surface area contributed by atoms with Crippen molar-refractivity contribution in [3.8, 4) is 0 Å². The van der Waals surface area contributed by atoms with E-state index in [1.54, 1.807) is 0 Å². The predicted octanol–water partition coefficient (Wildman–Crippen LogP) is 1.38. The fraction of sp³-hybridized carbons (Fsp3) is 1.00. The second kappa shape index (κ2) is 10.5. The number of rotatable bonds is 3. The normalized spacial score (nSPS) is 9.75. The van der Waals surface area contributed by atoms with Gasteiger partial charge in [0, 0.05) is 0 Å². The van der Waals surface area contributed by atoms with E-state index in [9.17, 15) is 0 Å². The number of halogens is 2. The zero-order valence-corrected chi connectivity index (χ0v) is 11.6. The molecular formula is C6H17B2Cl2NTi. The van der Waals surface area contributed by atoms with Gasteiger partial charge in [-0.05, 0) is 12.1 Å². The maximum atomic E-state index is 4.89. The van der Waals surface area contributed by atoms with Gasteiger partial charge >= 0.3 is 35.6 Å².